The average molecular weight is 210 g/mol. The molecule has 16 heavy (non-hydrogen) atoms. The van der Waals surface area contributed by atoms with Gasteiger partial charge in [0.1, 0.15) is 0 Å². The summed E-state index contributed by atoms with van der Waals surface area (Å²) in [5.41, 5.74) is 7.26. The van der Waals surface area contributed by atoms with Crippen molar-refractivity contribution in [1.29, 1.82) is 0 Å². The van der Waals surface area contributed by atoms with E-state index >= 15 is 0 Å². The van der Waals surface area contributed by atoms with Gasteiger partial charge >= 0.3 is 0 Å². The van der Waals surface area contributed by atoms with Crippen LogP contribution in [0, 0.1) is 0 Å². The van der Waals surface area contributed by atoms with Crippen molar-refractivity contribution < 1.29 is 0 Å². The molecule has 2 saturated carbocycles. The summed E-state index contributed by atoms with van der Waals surface area (Å²) in [5, 5.41) is 0. The highest BCUT2D eigenvalue weighted by Gasteiger charge is 2.45. The fraction of sp³-hybridized carbons (Fsp3) is 0.625. The van der Waals surface area contributed by atoms with Crippen LogP contribution < -0.4 is 0 Å². The molecule has 0 spiro atoms. The summed E-state index contributed by atoms with van der Waals surface area (Å²) < 4.78 is 0. The second-order valence-electron chi connectivity index (χ2n) is 6.49. The number of benzene rings is 1. The van der Waals surface area contributed by atoms with Crippen molar-refractivity contribution in [3.05, 3.63) is 34.4 Å². The van der Waals surface area contributed by atoms with Gasteiger partial charge in [0.15, 0.2) is 0 Å². The molecule has 0 aliphatic heterocycles. The van der Waals surface area contributed by atoms with E-state index in [0.717, 1.165) is 23.7 Å². The Kier molecular flexibility index (Phi) is 1.33. The van der Waals surface area contributed by atoms with Crippen LogP contribution in [0.2, 0.25) is 0 Å². The quantitative estimate of drug-likeness (QED) is 0.594. The molecule has 0 radical (unpaired) electrons. The summed E-state index contributed by atoms with van der Waals surface area (Å²) >= 11 is 0. The van der Waals surface area contributed by atoms with Crippen molar-refractivity contribution in [2.45, 2.75) is 62.2 Å². The van der Waals surface area contributed by atoms with Gasteiger partial charge in [0, 0.05) is 0 Å². The van der Waals surface area contributed by atoms with Crippen molar-refractivity contribution in [1.82, 2.24) is 0 Å². The van der Waals surface area contributed by atoms with E-state index in [9.17, 15) is 0 Å². The number of hydrogen-bond donors (Lipinski definition) is 0. The van der Waals surface area contributed by atoms with Crippen molar-refractivity contribution in [3.8, 4) is 0 Å². The molecule has 5 rings (SSSR count). The maximum absolute atomic E-state index is 2.50. The van der Waals surface area contributed by atoms with Gasteiger partial charge < -0.3 is 0 Å². The minimum atomic E-state index is 0.949. The zero-order chi connectivity index (χ0) is 10.3. The third-order valence-electron chi connectivity index (χ3n) is 5.92. The summed E-state index contributed by atoms with van der Waals surface area (Å²) in [6, 6.07) is 5.00. The first kappa shape index (κ1) is 8.33. The molecule has 82 valence electrons. The zero-order valence-corrected chi connectivity index (χ0v) is 9.71. The van der Waals surface area contributed by atoms with Crippen molar-refractivity contribution in [2.24, 2.45) is 0 Å². The third-order valence-corrected chi connectivity index (χ3v) is 5.92. The number of hydrogen-bond acceptors (Lipinski definition) is 0. The lowest BCUT2D eigenvalue weighted by Gasteiger charge is -2.24. The Morgan fingerprint density at radius 2 is 1.06 bits per heavy atom. The summed E-state index contributed by atoms with van der Waals surface area (Å²) in [6.07, 6.45) is 8.92. The van der Waals surface area contributed by atoms with Crippen LogP contribution >= 0.6 is 0 Å². The molecule has 0 N–H and O–H groups in total. The molecule has 4 aliphatic rings. The fourth-order valence-corrected chi connectivity index (χ4v) is 5.35. The van der Waals surface area contributed by atoms with Gasteiger partial charge in [-0.2, -0.15) is 0 Å². The minimum Gasteiger partial charge on any atom is -0.0582 e. The topological polar surface area (TPSA) is 0 Å². The molecular formula is C16H18. The van der Waals surface area contributed by atoms with Crippen molar-refractivity contribution in [2.75, 3.05) is 0 Å². The molecule has 0 heterocycles. The van der Waals surface area contributed by atoms with Gasteiger partial charge in [-0.1, -0.05) is 12.1 Å². The lowest BCUT2D eigenvalue weighted by Crippen LogP contribution is -2.07. The lowest BCUT2D eigenvalue weighted by molar-refractivity contribution is 0.667. The summed E-state index contributed by atoms with van der Waals surface area (Å²) in [4.78, 5) is 0. The van der Waals surface area contributed by atoms with Gasteiger partial charge in [-0.3, -0.25) is 0 Å². The average Bonchev–Trinajstić information content (AvgIpc) is 3.08. The smallest absolute Gasteiger partial charge is 0.0150 e. The van der Waals surface area contributed by atoms with Crippen LogP contribution in [0.15, 0.2) is 12.1 Å². The molecule has 2 fully saturated rings. The molecular weight excluding hydrogens is 192 g/mol. The van der Waals surface area contributed by atoms with Gasteiger partial charge in [0.05, 0.1) is 0 Å². The maximum atomic E-state index is 2.50. The molecule has 0 aromatic heterocycles. The second-order valence-corrected chi connectivity index (χ2v) is 6.49. The first-order chi connectivity index (χ1) is 7.92. The van der Waals surface area contributed by atoms with E-state index < -0.39 is 0 Å². The molecule has 4 atom stereocenters. The van der Waals surface area contributed by atoms with Crippen molar-refractivity contribution in [3.63, 3.8) is 0 Å². The van der Waals surface area contributed by atoms with E-state index in [-0.39, 0.29) is 0 Å². The molecule has 1 aromatic carbocycles. The van der Waals surface area contributed by atoms with E-state index in [1.807, 2.05) is 11.1 Å². The molecule has 0 amide bonds. The van der Waals surface area contributed by atoms with E-state index in [2.05, 4.69) is 12.1 Å². The lowest BCUT2D eigenvalue weighted by atomic mass is 9.80. The first-order valence-corrected chi connectivity index (χ1v) is 7.08. The van der Waals surface area contributed by atoms with Crippen LogP contribution in [-0.2, 0) is 0 Å². The standard InChI is InChI=1S/C16H18/c1-3-11-7-9(1)13-5-6-14-10-2-4-12(8-10)16(14)15(11)13/h5-6,9-12H,1-4,7-8H2. The van der Waals surface area contributed by atoms with E-state index in [1.165, 1.54) is 38.5 Å². The Balaban J connectivity index is 1.82. The molecule has 0 heteroatoms. The molecule has 1 aromatic rings. The minimum absolute atomic E-state index is 0.949. The Labute approximate surface area is 97.1 Å². The summed E-state index contributed by atoms with van der Waals surface area (Å²) in [6.45, 7) is 0. The van der Waals surface area contributed by atoms with Crippen LogP contribution in [0.5, 0.6) is 0 Å². The molecule has 4 unspecified atom stereocenters. The van der Waals surface area contributed by atoms with E-state index in [1.54, 1.807) is 11.1 Å². The SMILES string of the molecule is c1cc2c(c3c1C1CCC3C1)C1CCC2C1. The van der Waals surface area contributed by atoms with Crippen LogP contribution in [0.3, 0.4) is 0 Å². The highest BCUT2D eigenvalue weighted by Crippen LogP contribution is 2.61. The Morgan fingerprint density at radius 1 is 0.625 bits per heavy atom. The zero-order valence-electron chi connectivity index (χ0n) is 9.71. The largest absolute Gasteiger partial charge is 0.0582 e. The third kappa shape index (κ3) is 0.783. The molecule has 0 nitrogen and oxygen atoms in total. The number of rotatable bonds is 0. The monoisotopic (exact) mass is 210 g/mol. The van der Waals surface area contributed by atoms with Crippen LogP contribution in [0.1, 0.15) is 84.5 Å². The molecule has 0 saturated heterocycles. The Bertz CT molecular complexity index is 440. The Hall–Kier alpha value is -0.780. The van der Waals surface area contributed by atoms with Crippen LogP contribution in [0.25, 0.3) is 0 Å². The van der Waals surface area contributed by atoms with Gasteiger partial charge in [-0.15, -0.1) is 0 Å². The van der Waals surface area contributed by atoms with E-state index in [0.29, 0.717) is 0 Å². The van der Waals surface area contributed by atoms with Gasteiger partial charge in [-0.05, 0) is 84.5 Å². The maximum Gasteiger partial charge on any atom is -0.0150 e. The van der Waals surface area contributed by atoms with Gasteiger partial charge in [0.25, 0.3) is 0 Å². The highest BCUT2D eigenvalue weighted by atomic mass is 14.5. The Morgan fingerprint density at radius 3 is 1.56 bits per heavy atom. The normalized spacial score (nSPS) is 41.5. The van der Waals surface area contributed by atoms with E-state index in [4.69, 9.17) is 0 Å². The summed E-state index contributed by atoms with van der Waals surface area (Å²) in [7, 11) is 0. The predicted molar refractivity (Wildman–Crippen MR) is 65.1 cm³/mol. The molecule has 4 bridgehead atoms. The van der Waals surface area contributed by atoms with Gasteiger partial charge in [-0.25, -0.2) is 0 Å². The second kappa shape index (κ2) is 2.55. The van der Waals surface area contributed by atoms with Crippen molar-refractivity contribution >= 4 is 0 Å². The van der Waals surface area contributed by atoms with Gasteiger partial charge in [0.2, 0.25) is 0 Å². The molecule has 4 aliphatic carbocycles. The number of fused-ring (bicyclic) bond motifs is 11. The predicted octanol–water partition coefficient (Wildman–Crippen LogP) is 4.42. The van der Waals surface area contributed by atoms with Crippen LogP contribution in [-0.4, -0.2) is 0 Å². The highest BCUT2D eigenvalue weighted by molar-refractivity contribution is 5.55. The summed E-state index contributed by atoms with van der Waals surface area (Å²) in [5.74, 6) is 3.83. The van der Waals surface area contributed by atoms with Crippen LogP contribution in [0.4, 0.5) is 0 Å². The fourth-order valence-electron chi connectivity index (χ4n) is 5.35. The first-order valence-electron chi connectivity index (χ1n) is 7.08.